The summed E-state index contributed by atoms with van der Waals surface area (Å²) >= 11 is 0. The molecule has 0 aliphatic rings. The Kier molecular flexibility index (Phi) is 4.11. The summed E-state index contributed by atoms with van der Waals surface area (Å²) in [5, 5.41) is 8.70. The highest BCUT2D eigenvalue weighted by molar-refractivity contribution is 5.66. The molecule has 0 rings (SSSR count). The zero-order chi connectivity index (χ0) is 9.72. The van der Waals surface area contributed by atoms with E-state index in [2.05, 4.69) is 6.58 Å². The van der Waals surface area contributed by atoms with Crippen LogP contribution in [-0.2, 0) is 0 Å². The van der Waals surface area contributed by atoms with Crippen molar-refractivity contribution in [1.82, 2.24) is 4.90 Å². The molecule has 0 aliphatic heterocycles. The maximum absolute atomic E-state index is 10.6. The number of carbonyl (C=O) groups is 1. The number of rotatable bonds is 3. The Morgan fingerprint density at radius 3 is 2.33 bits per heavy atom. The molecule has 1 N–H and O–H groups in total. The van der Waals surface area contributed by atoms with E-state index in [0.29, 0.717) is 0 Å². The topological polar surface area (TPSA) is 40.5 Å². The van der Waals surface area contributed by atoms with Gasteiger partial charge in [0, 0.05) is 12.2 Å². The average Bonchev–Trinajstić information content (AvgIpc) is 1.84. The lowest BCUT2D eigenvalue weighted by atomic mass is 10.3. The van der Waals surface area contributed by atoms with Gasteiger partial charge in [0.1, 0.15) is 0 Å². The SMILES string of the molecule is C=C(C)/C=C/N(C(=O)O)C(C)C. The first-order chi connectivity index (χ1) is 5.45. The van der Waals surface area contributed by atoms with E-state index in [9.17, 15) is 4.79 Å². The van der Waals surface area contributed by atoms with Crippen molar-refractivity contribution in [2.45, 2.75) is 26.8 Å². The Morgan fingerprint density at radius 2 is 2.08 bits per heavy atom. The van der Waals surface area contributed by atoms with Gasteiger partial charge in [0.25, 0.3) is 0 Å². The lowest BCUT2D eigenvalue weighted by Gasteiger charge is -2.18. The second-order valence-electron chi connectivity index (χ2n) is 2.95. The molecule has 12 heavy (non-hydrogen) atoms. The van der Waals surface area contributed by atoms with Gasteiger partial charge in [-0.15, -0.1) is 0 Å². The molecular weight excluding hydrogens is 154 g/mol. The summed E-state index contributed by atoms with van der Waals surface area (Å²) in [6.45, 7) is 9.09. The van der Waals surface area contributed by atoms with Crippen LogP contribution in [0, 0.1) is 0 Å². The van der Waals surface area contributed by atoms with Crippen LogP contribution in [0.5, 0.6) is 0 Å². The van der Waals surface area contributed by atoms with E-state index < -0.39 is 6.09 Å². The summed E-state index contributed by atoms with van der Waals surface area (Å²) in [6, 6.07) is -0.0434. The molecule has 0 aromatic heterocycles. The van der Waals surface area contributed by atoms with Crippen molar-refractivity contribution in [2.75, 3.05) is 0 Å². The van der Waals surface area contributed by atoms with Crippen LogP contribution < -0.4 is 0 Å². The van der Waals surface area contributed by atoms with E-state index in [4.69, 9.17) is 5.11 Å². The number of nitrogens with zero attached hydrogens (tertiary/aromatic N) is 1. The van der Waals surface area contributed by atoms with Crippen LogP contribution in [0.4, 0.5) is 4.79 Å². The molecule has 3 nitrogen and oxygen atoms in total. The third-order valence-corrected chi connectivity index (χ3v) is 1.30. The predicted molar refractivity (Wildman–Crippen MR) is 49.0 cm³/mol. The van der Waals surface area contributed by atoms with E-state index in [0.717, 1.165) is 5.57 Å². The fraction of sp³-hybridized carbons (Fsp3) is 0.444. The summed E-state index contributed by atoms with van der Waals surface area (Å²) in [5.41, 5.74) is 0.835. The molecule has 0 atom stereocenters. The number of hydrogen-bond acceptors (Lipinski definition) is 1. The number of hydrogen-bond donors (Lipinski definition) is 1. The smallest absolute Gasteiger partial charge is 0.411 e. The summed E-state index contributed by atoms with van der Waals surface area (Å²) < 4.78 is 0. The second kappa shape index (κ2) is 4.59. The Balaban J connectivity index is 4.33. The third kappa shape index (κ3) is 3.81. The van der Waals surface area contributed by atoms with Gasteiger partial charge in [-0.05, 0) is 26.8 Å². The molecule has 0 radical (unpaired) electrons. The van der Waals surface area contributed by atoms with Gasteiger partial charge >= 0.3 is 6.09 Å². The average molecular weight is 169 g/mol. The third-order valence-electron chi connectivity index (χ3n) is 1.30. The Labute approximate surface area is 73.0 Å². The Bertz CT molecular complexity index is 207. The zero-order valence-corrected chi connectivity index (χ0v) is 7.74. The molecule has 0 fully saturated rings. The maximum atomic E-state index is 10.6. The van der Waals surface area contributed by atoms with Gasteiger partial charge < -0.3 is 5.11 Å². The van der Waals surface area contributed by atoms with Crippen molar-refractivity contribution in [1.29, 1.82) is 0 Å². The van der Waals surface area contributed by atoms with Crippen LogP contribution in [0.2, 0.25) is 0 Å². The Morgan fingerprint density at radius 1 is 1.58 bits per heavy atom. The van der Waals surface area contributed by atoms with Crippen molar-refractivity contribution in [3.8, 4) is 0 Å². The van der Waals surface area contributed by atoms with Gasteiger partial charge in [0.2, 0.25) is 0 Å². The summed E-state index contributed by atoms with van der Waals surface area (Å²) in [7, 11) is 0. The largest absolute Gasteiger partial charge is 0.465 e. The predicted octanol–water partition coefficient (Wildman–Crippen LogP) is 2.46. The van der Waals surface area contributed by atoms with Gasteiger partial charge in [0.15, 0.2) is 0 Å². The molecule has 0 aromatic carbocycles. The van der Waals surface area contributed by atoms with Crippen molar-refractivity contribution < 1.29 is 9.90 Å². The normalized spacial score (nSPS) is 10.7. The van der Waals surface area contributed by atoms with Crippen LogP contribution in [0.3, 0.4) is 0 Å². The van der Waals surface area contributed by atoms with Crippen molar-refractivity contribution in [3.05, 3.63) is 24.4 Å². The van der Waals surface area contributed by atoms with Crippen molar-refractivity contribution in [2.24, 2.45) is 0 Å². The molecule has 0 bridgehead atoms. The molecule has 0 saturated carbocycles. The molecule has 0 saturated heterocycles. The van der Waals surface area contributed by atoms with E-state index in [1.807, 2.05) is 20.8 Å². The molecule has 1 amide bonds. The highest BCUT2D eigenvalue weighted by Gasteiger charge is 2.10. The highest BCUT2D eigenvalue weighted by atomic mass is 16.4. The maximum Gasteiger partial charge on any atom is 0.411 e. The monoisotopic (exact) mass is 169 g/mol. The van der Waals surface area contributed by atoms with Crippen molar-refractivity contribution in [3.63, 3.8) is 0 Å². The molecule has 68 valence electrons. The lowest BCUT2D eigenvalue weighted by molar-refractivity contribution is 0.153. The van der Waals surface area contributed by atoms with E-state index in [1.165, 1.54) is 11.1 Å². The first-order valence-corrected chi connectivity index (χ1v) is 3.80. The number of amides is 1. The van der Waals surface area contributed by atoms with Gasteiger partial charge in [-0.1, -0.05) is 12.2 Å². The fourth-order valence-electron chi connectivity index (χ4n) is 0.664. The lowest BCUT2D eigenvalue weighted by Crippen LogP contribution is -2.30. The highest BCUT2D eigenvalue weighted by Crippen LogP contribution is 2.01. The fourth-order valence-corrected chi connectivity index (χ4v) is 0.664. The summed E-state index contributed by atoms with van der Waals surface area (Å²) in [4.78, 5) is 11.8. The van der Waals surface area contributed by atoms with Gasteiger partial charge in [-0.2, -0.15) is 0 Å². The minimum absolute atomic E-state index is 0.0434. The summed E-state index contributed by atoms with van der Waals surface area (Å²) in [5.74, 6) is 0. The minimum atomic E-state index is -0.942. The van der Waals surface area contributed by atoms with E-state index in [-0.39, 0.29) is 6.04 Å². The molecule has 0 heterocycles. The van der Waals surface area contributed by atoms with Crippen LogP contribution in [-0.4, -0.2) is 22.1 Å². The van der Waals surface area contributed by atoms with E-state index >= 15 is 0 Å². The standard InChI is InChI=1S/C9H15NO2/c1-7(2)5-6-10(8(3)4)9(11)12/h5-6,8H,1H2,2-4H3,(H,11,12)/b6-5+. The van der Waals surface area contributed by atoms with E-state index in [1.54, 1.807) is 6.08 Å². The van der Waals surface area contributed by atoms with Crippen LogP contribution in [0.15, 0.2) is 24.4 Å². The van der Waals surface area contributed by atoms with Gasteiger partial charge in [-0.25, -0.2) is 4.79 Å². The first-order valence-electron chi connectivity index (χ1n) is 3.80. The molecule has 0 aromatic rings. The molecule has 3 heteroatoms. The van der Waals surface area contributed by atoms with Crippen LogP contribution in [0.25, 0.3) is 0 Å². The molecule has 0 aliphatic carbocycles. The first kappa shape index (κ1) is 10.8. The van der Waals surface area contributed by atoms with Gasteiger partial charge in [-0.3, -0.25) is 4.90 Å². The minimum Gasteiger partial charge on any atom is -0.465 e. The van der Waals surface area contributed by atoms with Gasteiger partial charge in [0.05, 0.1) is 0 Å². The number of carboxylic acid groups (broad SMARTS) is 1. The van der Waals surface area contributed by atoms with Crippen LogP contribution in [0.1, 0.15) is 20.8 Å². The number of allylic oxidation sites excluding steroid dienone is 2. The molecule has 0 unspecified atom stereocenters. The van der Waals surface area contributed by atoms with Crippen LogP contribution >= 0.6 is 0 Å². The summed E-state index contributed by atoms with van der Waals surface area (Å²) in [6.07, 6.45) is 2.26. The van der Waals surface area contributed by atoms with Crippen molar-refractivity contribution >= 4 is 6.09 Å². The quantitative estimate of drug-likeness (QED) is 0.659. The molecule has 0 spiro atoms. The molecular formula is C9H15NO2. The Hall–Kier alpha value is -1.25. The second-order valence-corrected chi connectivity index (χ2v) is 2.95. The zero-order valence-electron chi connectivity index (χ0n) is 7.74.